The van der Waals surface area contributed by atoms with Crippen molar-refractivity contribution >= 4 is 5.97 Å². The molecule has 1 fully saturated rings. The second-order valence-electron chi connectivity index (χ2n) is 3.52. The zero-order valence-electron chi connectivity index (χ0n) is 7.78. The normalized spacial score (nSPS) is 42.5. The van der Waals surface area contributed by atoms with Crippen LogP contribution in [0.3, 0.4) is 0 Å². The maximum Gasteiger partial charge on any atom is 0.309 e. The largest absolute Gasteiger partial charge is 0.459 e. The van der Waals surface area contributed by atoms with Crippen LogP contribution in [0, 0.1) is 11.8 Å². The van der Waals surface area contributed by atoms with Crippen molar-refractivity contribution in [1.29, 1.82) is 0 Å². The molecule has 0 amide bonds. The van der Waals surface area contributed by atoms with Gasteiger partial charge in [0.05, 0.1) is 12.0 Å². The zero-order chi connectivity index (χ0) is 9.30. The third kappa shape index (κ3) is 1.46. The topological polar surface area (TPSA) is 46.5 Å². The molecule has 12 heavy (non-hydrogen) atoms. The van der Waals surface area contributed by atoms with Gasteiger partial charge in [-0.25, -0.2) is 0 Å². The summed E-state index contributed by atoms with van der Waals surface area (Å²) >= 11 is 0. The lowest BCUT2D eigenvalue weighted by molar-refractivity contribution is -0.179. The van der Waals surface area contributed by atoms with E-state index in [4.69, 9.17) is 4.74 Å². The Bertz CT molecular complexity index is 177. The third-order valence-corrected chi connectivity index (χ3v) is 2.75. The van der Waals surface area contributed by atoms with Gasteiger partial charge in [-0.15, -0.1) is 0 Å². The van der Waals surface area contributed by atoms with Crippen LogP contribution in [-0.2, 0) is 9.53 Å². The molecular weight excluding hydrogens is 156 g/mol. The quantitative estimate of drug-likeness (QED) is 0.599. The summed E-state index contributed by atoms with van der Waals surface area (Å²) < 4.78 is 5.04. The van der Waals surface area contributed by atoms with Crippen LogP contribution in [0.1, 0.15) is 27.2 Å². The standard InChI is InChI=1S/C9H16O3/c1-4-7-8(10)5(2)6(3)9(11)12-7/h5-8,10H,4H2,1-3H3. The number of rotatable bonds is 1. The van der Waals surface area contributed by atoms with E-state index < -0.39 is 6.10 Å². The number of hydrogen-bond acceptors (Lipinski definition) is 3. The summed E-state index contributed by atoms with van der Waals surface area (Å²) in [5.41, 5.74) is 0. The van der Waals surface area contributed by atoms with Gasteiger partial charge in [0.1, 0.15) is 6.10 Å². The van der Waals surface area contributed by atoms with E-state index in [9.17, 15) is 9.90 Å². The Morgan fingerprint density at radius 2 is 2.08 bits per heavy atom. The van der Waals surface area contributed by atoms with Crippen molar-refractivity contribution in [3.05, 3.63) is 0 Å². The lowest BCUT2D eigenvalue weighted by atomic mass is 9.85. The highest BCUT2D eigenvalue weighted by Crippen LogP contribution is 2.27. The molecule has 4 atom stereocenters. The molecular formula is C9H16O3. The molecule has 0 bridgehead atoms. The van der Waals surface area contributed by atoms with Crippen LogP contribution in [0.15, 0.2) is 0 Å². The van der Waals surface area contributed by atoms with Crippen LogP contribution in [0.5, 0.6) is 0 Å². The fourth-order valence-electron chi connectivity index (χ4n) is 1.50. The van der Waals surface area contributed by atoms with Gasteiger partial charge in [-0.1, -0.05) is 20.8 Å². The molecule has 0 spiro atoms. The van der Waals surface area contributed by atoms with Crippen LogP contribution in [-0.4, -0.2) is 23.3 Å². The van der Waals surface area contributed by atoms with Crippen molar-refractivity contribution in [3.63, 3.8) is 0 Å². The lowest BCUT2D eigenvalue weighted by Crippen LogP contribution is -2.46. The molecule has 4 unspecified atom stereocenters. The molecule has 1 heterocycles. The maximum absolute atomic E-state index is 11.2. The van der Waals surface area contributed by atoms with Gasteiger partial charge in [-0.05, 0) is 12.3 Å². The van der Waals surface area contributed by atoms with E-state index in [0.717, 1.165) is 0 Å². The molecule has 0 aromatic carbocycles. The second-order valence-corrected chi connectivity index (χ2v) is 3.52. The predicted molar refractivity (Wildman–Crippen MR) is 44.5 cm³/mol. The summed E-state index contributed by atoms with van der Waals surface area (Å²) in [6.45, 7) is 5.59. The van der Waals surface area contributed by atoms with Gasteiger partial charge in [-0.2, -0.15) is 0 Å². The number of aliphatic hydroxyl groups excluding tert-OH is 1. The van der Waals surface area contributed by atoms with Crippen molar-refractivity contribution in [2.75, 3.05) is 0 Å². The molecule has 1 aliphatic heterocycles. The Hall–Kier alpha value is -0.570. The third-order valence-electron chi connectivity index (χ3n) is 2.75. The molecule has 70 valence electrons. The number of esters is 1. The van der Waals surface area contributed by atoms with Crippen LogP contribution >= 0.6 is 0 Å². The van der Waals surface area contributed by atoms with Crippen molar-refractivity contribution in [2.24, 2.45) is 11.8 Å². The fourth-order valence-corrected chi connectivity index (χ4v) is 1.50. The van der Waals surface area contributed by atoms with Gasteiger partial charge in [0, 0.05) is 0 Å². The first-order valence-corrected chi connectivity index (χ1v) is 4.46. The highest BCUT2D eigenvalue weighted by atomic mass is 16.6. The Morgan fingerprint density at radius 1 is 1.50 bits per heavy atom. The molecule has 3 nitrogen and oxygen atoms in total. The predicted octanol–water partition coefficient (Wildman–Crippen LogP) is 0.955. The minimum atomic E-state index is -0.498. The molecule has 0 aliphatic carbocycles. The summed E-state index contributed by atoms with van der Waals surface area (Å²) in [5, 5.41) is 9.65. The van der Waals surface area contributed by atoms with Crippen molar-refractivity contribution in [3.8, 4) is 0 Å². The number of aliphatic hydroxyl groups is 1. The van der Waals surface area contributed by atoms with Gasteiger partial charge in [0.15, 0.2) is 0 Å². The molecule has 0 saturated carbocycles. The summed E-state index contributed by atoms with van der Waals surface area (Å²) in [5.74, 6) is -0.348. The van der Waals surface area contributed by atoms with Gasteiger partial charge in [0.25, 0.3) is 0 Å². The number of hydrogen-bond donors (Lipinski definition) is 1. The first-order valence-electron chi connectivity index (χ1n) is 4.46. The first-order chi connectivity index (χ1) is 5.57. The van der Waals surface area contributed by atoms with E-state index in [0.29, 0.717) is 6.42 Å². The Labute approximate surface area is 72.7 Å². The van der Waals surface area contributed by atoms with E-state index in [1.807, 2.05) is 13.8 Å². The van der Waals surface area contributed by atoms with E-state index in [-0.39, 0.29) is 23.9 Å². The molecule has 1 rings (SSSR count). The Balaban J connectivity index is 2.70. The zero-order valence-corrected chi connectivity index (χ0v) is 7.78. The minimum absolute atomic E-state index is 0.0104. The van der Waals surface area contributed by atoms with Gasteiger partial charge < -0.3 is 9.84 Å². The maximum atomic E-state index is 11.2. The average molecular weight is 172 g/mol. The molecule has 1 aliphatic rings. The summed E-state index contributed by atoms with van der Waals surface area (Å²) in [4.78, 5) is 11.2. The second kappa shape index (κ2) is 3.44. The Morgan fingerprint density at radius 3 is 2.58 bits per heavy atom. The number of carbonyl (C=O) groups is 1. The van der Waals surface area contributed by atoms with Gasteiger partial charge >= 0.3 is 5.97 Å². The van der Waals surface area contributed by atoms with Gasteiger partial charge in [-0.3, -0.25) is 4.79 Å². The minimum Gasteiger partial charge on any atom is -0.459 e. The van der Waals surface area contributed by atoms with Crippen molar-refractivity contribution in [1.82, 2.24) is 0 Å². The molecule has 0 radical (unpaired) electrons. The highest BCUT2D eigenvalue weighted by Gasteiger charge is 2.39. The van der Waals surface area contributed by atoms with Crippen molar-refractivity contribution < 1.29 is 14.6 Å². The number of cyclic esters (lactones) is 1. The van der Waals surface area contributed by atoms with Crippen LogP contribution in [0.2, 0.25) is 0 Å². The first kappa shape index (κ1) is 9.52. The average Bonchev–Trinajstić information content (AvgIpc) is 2.08. The molecule has 0 aromatic heterocycles. The van der Waals surface area contributed by atoms with E-state index in [1.54, 1.807) is 6.92 Å². The summed E-state index contributed by atoms with van der Waals surface area (Å²) in [6, 6.07) is 0. The van der Waals surface area contributed by atoms with Crippen LogP contribution < -0.4 is 0 Å². The monoisotopic (exact) mass is 172 g/mol. The smallest absolute Gasteiger partial charge is 0.309 e. The summed E-state index contributed by atoms with van der Waals surface area (Å²) in [7, 11) is 0. The van der Waals surface area contributed by atoms with E-state index >= 15 is 0 Å². The highest BCUT2D eigenvalue weighted by molar-refractivity contribution is 5.73. The van der Waals surface area contributed by atoms with Crippen molar-refractivity contribution in [2.45, 2.75) is 39.4 Å². The fraction of sp³-hybridized carbons (Fsp3) is 0.889. The van der Waals surface area contributed by atoms with E-state index in [2.05, 4.69) is 0 Å². The van der Waals surface area contributed by atoms with Gasteiger partial charge in [0.2, 0.25) is 0 Å². The SMILES string of the molecule is CCC1OC(=O)C(C)C(C)C1O. The van der Waals surface area contributed by atoms with Crippen LogP contribution in [0.25, 0.3) is 0 Å². The number of ether oxygens (including phenoxy) is 1. The summed E-state index contributed by atoms with van der Waals surface area (Å²) in [6.07, 6.45) is -0.115. The molecule has 1 N–H and O–H groups in total. The molecule has 3 heteroatoms. The lowest BCUT2D eigenvalue weighted by Gasteiger charge is -2.35. The van der Waals surface area contributed by atoms with Crippen LogP contribution in [0.4, 0.5) is 0 Å². The molecule has 1 saturated heterocycles. The Kier molecular flexibility index (Phi) is 2.73. The number of carbonyl (C=O) groups excluding carboxylic acids is 1. The molecule has 0 aromatic rings. The van der Waals surface area contributed by atoms with E-state index in [1.165, 1.54) is 0 Å².